The predicted molar refractivity (Wildman–Crippen MR) is 88.7 cm³/mol. The summed E-state index contributed by atoms with van der Waals surface area (Å²) in [5.74, 6) is 0. The van der Waals surface area contributed by atoms with E-state index in [-0.39, 0.29) is 0 Å². The lowest BCUT2D eigenvalue weighted by Crippen LogP contribution is -2.31. The van der Waals surface area contributed by atoms with Gasteiger partial charge >= 0.3 is 0 Å². The number of nitrogens with one attached hydrogen (secondary N) is 1. The van der Waals surface area contributed by atoms with Gasteiger partial charge in [-0.05, 0) is 38.3 Å². The minimum absolute atomic E-state index is 0.467. The zero-order valence-electron chi connectivity index (χ0n) is 13.6. The molecule has 118 valence electrons. The Morgan fingerprint density at radius 2 is 2.00 bits per heavy atom. The summed E-state index contributed by atoms with van der Waals surface area (Å²) >= 11 is 0. The van der Waals surface area contributed by atoms with Crippen molar-refractivity contribution in [2.24, 2.45) is 0 Å². The van der Waals surface area contributed by atoms with Crippen LogP contribution in [-0.2, 0) is 4.74 Å². The predicted octanol–water partition coefficient (Wildman–Crippen LogP) is 3.15. The van der Waals surface area contributed by atoms with Gasteiger partial charge in [0.15, 0.2) is 0 Å². The summed E-state index contributed by atoms with van der Waals surface area (Å²) in [5.41, 5.74) is 2.75. The Bertz CT molecular complexity index is 383. The van der Waals surface area contributed by atoms with Crippen molar-refractivity contribution in [1.82, 2.24) is 10.2 Å². The molecule has 0 spiro atoms. The molecule has 0 amide bonds. The third-order valence-electron chi connectivity index (χ3n) is 4.17. The Kier molecular flexibility index (Phi) is 7.20. The van der Waals surface area contributed by atoms with Gasteiger partial charge in [-0.15, -0.1) is 0 Å². The first-order valence-electron chi connectivity index (χ1n) is 8.39. The topological polar surface area (TPSA) is 24.5 Å². The van der Waals surface area contributed by atoms with Crippen molar-refractivity contribution in [3.8, 4) is 0 Å². The van der Waals surface area contributed by atoms with E-state index in [1.54, 1.807) is 0 Å². The van der Waals surface area contributed by atoms with Crippen LogP contribution in [0.5, 0.6) is 0 Å². The quantitative estimate of drug-likeness (QED) is 0.835. The minimum Gasteiger partial charge on any atom is -0.380 e. The van der Waals surface area contributed by atoms with Gasteiger partial charge in [0.05, 0.1) is 6.61 Å². The lowest BCUT2D eigenvalue weighted by atomic mass is 10.0. The molecule has 3 nitrogen and oxygen atoms in total. The number of aryl methyl sites for hydroxylation is 1. The highest BCUT2D eigenvalue weighted by Crippen LogP contribution is 2.18. The summed E-state index contributed by atoms with van der Waals surface area (Å²) in [6.07, 6.45) is 3.51. The maximum absolute atomic E-state index is 5.54. The molecule has 1 unspecified atom stereocenters. The molecule has 1 aromatic carbocycles. The third kappa shape index (κ3) is 5.77. The monoisotopic (exact) mass is 290 g/mol. The fraction of sp³-hybridized carbons (Fsp3) is 0.667. The molecule has 21 heavy (non-hydrogen) atoms. The van der Waals surface area contributed by atoms with E-state index in [2.05, 4.69) is 48.3 Å². The normalized spacial score (nSPS) is 18.4. The zero-order valence-corrected chi connectivity index (χ0v) is 13.6. The van der Waals surface area contributed by atoms with Crippen LogP contribution in [0.2, 0.25) is 0 Å². The molecule has 1 fully saturated rings. The van der Waals surface area contributed by atoms with Crippen molar-refractivity contribution in [1.29, 1.82) is 0 Å². The molecule has 0 aromatic heterocycles. The molecule has 1 saturated heterocycles. The lowest BCUT2D eigenvalue weighted by Gasteiger charge is -2.24. The van der Waals surface area contributed by atoms with Crippen molar-refractivity contribution in [2.75, 3.05) is 39.4 Å². The summed E-state index contributed by atoms with van der Waals surface area (Å²) in [7, 11) is 0. The van der Waals surface area contributed by atoms with Gasteiger partial charge in [-0.1, -0.05) is 36.8 Å². The second-order valence-corrected chi connectivity index (χ2v) is 6.01. The van der Waals surface area contributed by atoms with E-state index in [0.717, 1.165) is 39.3 Å². The molecule has 2 rings (SSSR count). The second kappa shape index (κ2) is 9.19. The lowest BCUT2D eigenvalue weighted by molar-refractivity contribution is 0.140. The van der Waals surface area contributed by atoms with Gasteiger partial charge < -0.3 is 15.0 Å². The van der Waals surface area contributed by atoms with Crippen LogP contribution >= 0.6 is 0 Å². The van der Waals surface area contributed by atoms with Crippen LogP contribution in [0.3, 0.4) is 0 Å². The standard InChI is InChI=1S/C18H30N2O/c1-3-10-19-18(17-7-5-16(2)6-8-17)9-12-20-11-4-14-21-15-13-20/h5-8,18-19H,3-4,9-15H2,1-2H3. The third-order valence-corrected chi connectivity index (χ3v) is 4.17. The van der Waals surface area contributed by atoms with Crippen molar-refractivity contribution in [2.45, 2.75) is 39.2 Å². The molecule has 0 saturated carbocycles. The maximum atomic E-state index is 5.54. The van der Waals surface area contributed by atoms with Gasteiger partial charge in [0.1, 0.15) is 0 Å². The molecule has 3 heteroatoms. The Morgan fingerprint density at radius 1 is 1.19 bits per heavy atom. The first-order chi connectivity index (χ1) is 10.3. The van der Waals surface area contributed by atoms with Crippen LogP contribution in [0.4, 0.5) is 0 Å². The number of ether oxygens (including phenoxy) is 1. The van der Waals surface area contributed by atoms with E-state index in [4.69, 9.17) is 4.74 Å². The Hall–Kier alpha value is -0.900. The Labute approximate surface area is 129 Å². The number of hydrogen-bond acceptors (Lipinski definition) is 3. The summed E-state index contributed by atoms with van der Waals surface area (Å²) < 4.78 is 5.54. The summed E-state index contributed by atoms with van der Waals surface area (Å²) in [5, 5.41) is 3.70. The van der Waals surface area contributed by atoms with Gasteiger partial charge in [-0.3, -0.25) is 0 Å². The first-order valence-corrected chi connectivity index (χ1v) is 8.39. The van der Waals surface area contributed by atoms with E-state index in [0.29, 0.717) is 6.04 Å². The van der Waals surface area contributed by atoms with Crippen LogP contribution in [-0.4, -0.2) is 44.3 Å². The van der Waals surface area contributed by atoms with E-state index in [9.17, 15) is 0 Å². The van der Waals surface area contributed by atoms with Crippen molar-refractivity contribution < 1.29 is 4.74 Å². The Balaban J connectivity index is 1.90. The van der Waals surface area contributed by atoms with Crippen LogP contribution in [0.1, 0.15) is 43.4 Å². The average Bonchev–Trinajstić information content (AvgIpc) is 2.77. The smallest absolute Gasteiger partial charge is 0.0593 e. The maximum Gasteiger partial charge on any atom is 0.0593 e. The summed E-state index contributed by atoms with van der Waals surface area (Å²) in [6.45, 7) is 10.7. The zero-order chi connectivity index (χ0) is 14.9. The summed E-state index contributed by atoms with van der Waals surface area (Å²) in [6, 6.07) is 9.45. The molecule has 1 atom stereocenters. The minimum atomic E-state index is 0.467. The second-order valence-electron chi connectivity index (χ2n) is 6.01. The number of hydrogen-bond donors (Lipinski definition) is 1. The molecular weight excluding hydrogens is 260 g/mol. The first kappa shape index (κ1) is 16.5. The molecule has 0 radical (unpaired) electrons. The molecular formula is C18H30N2O. The number of benzene rings is 1. The molecule has 1 heterocycles. The van der Waals surface area contributed by atoms with Crippen molar-refractivity contribution in [3.05, 3.63) is 35.4 Å². The average molecular weight is 290 g/mol. The number of rotatable bonds is 7. The van der Waals surface area contributed by atoms with E-state index < -0.39 is 0 Å². The molecule has 1 aliphatic rings. The fourth-order valence-electron chi connectivity index (χ4n) is 2.84. The van der Waals surface area contributed by atoms with Crippen LogP contribution in [0, 0.1) is 6.92 Å². The van der Waals surface area contributed by atoms with Gasteiger partial charge in [0.2, 0.25) is 0 Å². The highest BCUT2D eigenvalue weighted by Gasteiger charge is 2.14. The SMILES string of the molecule is CCCNC(CCN1CCCOCC1)c1ccc(C)cc1. The highest BCUT2D eigenvalue weighted by molar-refractivity contribution is 5.24. The molecule has 1 aliphatic heterocycles. The fourth-order valence-corrected chi connectivity index (χ4v) is 2.84. The van der Waals surface area contributed by atoms with Crippen molar-refractivity contribution >= 4 is 0 Å². The molecule has 0 aliphatic carbocycles. The largest absolute Gasteiger partial charge is 0.380 e. The highest BCUT2D eigenvalue weighted by atomic mass is 16.5. The van der Waals surface area contributed by atoms with Gasteiger partial charge in [0, 0.05) is 32.3 Å². The molecule has 1 N–H and O–H groups in total. The van der Waals surface area contributed by atoms with E-state index in [1.807, 2.05) is 0 Å². The van der Waals surface area contributed by atoms with Gasteiger partial charge in [-0.2, -0.15) is 0 Å². The Morgan fingerprint density at radius 3 is 2.76 bits per heavy atom. The number of nitrogens with zero attached hydrogens (tertiary/aromatic N) is 1. The van der Waals surface area contributed by atoms with E-state index in [1.165, 1.54) is 30.5 Å². The molecule has 1 aromatic rings. The van der Waals surface area contributed by atoms with Crippen LogP contribution < -0.4 is 5.32 Å². The molecule has 0 bridgehead atoms. The van der Waals surface area contributed by atoms with E-state index >= 15 is 0 Å². The summed E-state index contributed by atoms with van der Waals surface area (Å²) in [4.78, 5) is 2.54. The van der Waals surface area contributed by atoms with Gasteiger partial charge in [0.25, 0.3) is 0 Å². The van der Waals surface area contributed by atoms with Crippen LogP contribution in [0.25, 0.3) is 0 Å². The van der Waals surface area contributed by atoms with Crippen molar-refractivity contribution in [3.63, 3.8) is 0 Å². The van der Waals surface area contributed by atoms with Gasteiger partial charge in [-0.25, -0.2) is 0 Å². The van der Waals surface area contributed by atoms with Crippen LogP contribution in [0.15, 0.2) is 24.3 Å².